The summed E-state index contributed by atoms with van der Waals surface area (Å²) in [4.78, 5) is 37.9. The lowest BCUT2D eigenvalue weighted by Gasteiger charge is -2.22. The van der Waals surface area contributed by atoms with Crippen LogP contribution < -0.4 is 5.32 Å². The SMILES string of the molecule is CC1(C)CC(C(=O)O)N(C(=O)CNC(=O)c2ccc3c(c2)-c2ccccc2C3(F)F)C1. The third-order valence-electron chi connectivity index (χ3n) is 5.90. The Morgan fingerprint density at radius 1 is 1.10 bits per heavy atom. The van der Waals surface area contributed by atoms with E-state index in [9.17, 15) is 28.3 Å². The minimum Gasteiger partial charge on any atom is -0.480 e. The highest BCUT2D eigenvalue weighted by Gasteiger charge is 2.45. The van der Waals surface area contributed by atoms with Gasteiger partial charge in [0, 0.05) is 23.2 Å². The van der Waals surface area contributed by atoms with Crippen molar-refractivity contribution in [2.24, 2.45) is 5.41 Å². The van der Waals surface area contributed by atoms with Gasteiger partial charge in [0.05, 0.1) is 6.54 Å². The van der Waals surface area contributed by atoms with Gasteiger partial charge in [-0.3, -0.25) is 9.59 Å². The maximum atomic E-state index is 14.7. The number of carbonyl (C=O) groups is 3. The number of benzene rings is 2. The number of fused-ring (bicyclic) bond motifs is 3. The van der Waals surface area contributed by atoms with Crippen molar-refractivity contribution in [2.75, 3.05) is 13.1 Å². The van der Waals surface area contributed by atoms with E-state index in [-0.39, 0.29) is 40.8 Å². The Labute approximate surface area is 177 Å². The largest absolute Gasteiger partial charge is 0.480 e. The van der Waals surface area contributed by atoms with Gasteiger partial charge in [-0.25, -0.2) is 4.79 Å². The summed E-state index contributed by atoms with van der Waals surface area (Å²) in [6.07, 6.45) is 0.334. The summed E-state index contributed by atoms with van der Waals surface area (Å²) in [5.41, 5.74) is 0.208. The van der Waals surface area contributed by atoms with E-state index in [2.05, 4.69) is 5.32 Å². The van der Waals surface area contributed by atoms with Crippen molar-refractivity contribution in [1.82, 2.24) is 10.2 Å². The minimum absolute atomic E-state index is 0.103. The lowest BCUT2D eigenvalue weighted by molar-refractivity contribution is -0.147. The van der Waals surface area contributed by atoms with Gasteiger partial charge >= 0.3 is 5.97 Å². The zero-order valence-corrected chi connectivity index (χ0v) is 17.1. The first-order valence-electron chi connectivity index (χ1n) is 9.94. The smallest absolute Gasteiger partial charge is 0.326 e. The Hall–Kier alpha value is -3.29. The second-order valence-corrected chi connectivity index (χ2v) is 8.81. The molecule has 0 spiro atoms. The van der Waals surface area contributed by atoms with Crippen LogP contribution in [0.5, 0.6) is 0 Å². The first-order valence-corrected chi connectivity index (χ1v) is 9.94. The number of likely N-dealkylation sites (tertiary alicyclic amines) is 1. The highest BCUT2D eigenvalue weighted by Crippen LogP contribution is 2.50. The molecular weight excluding hydrogens is 406 g/mol. The molecule has 0 saturated carbocycles. The van der Waals surface area contributed by atoms with Gasteiger partial charge in [0.2, 0.25) is 5.91 Å². The number of hydrogen-bond acceptors (Lipinski definition) is 3. The lowest BCUT2D eigenvalue weighted by atomic mass is 9.91. The van der Waals surface area contributed by atoms with Crippen molar-refractivity contribution < 1.29 is 28.3 Å². The van der Waals surface area contributed by atoms with Crippen LogP contribution in [0, 0.1) is 5.41 Å². The van der Waals surface area contributed by atoms with Crippen LogP contribution in [0.25, 0.3) is 11.1 Å². The molecule has 2 amide bonds. The minimum atomic E-state index is -3.13. The van der Waals surface area contributed by atoms with Crippen LogP contribution in [0.1, 0.15) is 41.8 Å². The first-order chi connectivity index (χ1) is 14.5. The fraction of sp³-hybridized carbons (Fsp3) is 0.348. The average Bonchev–Trinajstić information content (AvgIpc) is 3.17. The lowest BCUT2D eigenvalue weighted by Crippen LogP contribution is -2.45. The number of rotatable bonds is 4. The van der Waals surface area contributed by atoms with Gasteiger partial charge < -0.3 is 15.3 Å². The Morgan fingerprint density at radius 2 is 1.77 bits per heavy atom. The normalized spacial score (nSPS) is 20.1. The number of aliphatic carboxylic acids is 1. The van der Waals surface area contributed by atoms with Gasteiger partial charge in [-0.05, 0) is 35.1 Å². The Morgan fingerprint density at radius 3 is 2.48 bits per heavy atom. The summed E-state index contributed by atoms with van der Waals surface area (Å²) in [5.74, 6) is -5.30. The van der Waals surface area contributed by atoms with E-state index in [1.54, 1.807) is 18.2 Å². The van der Waals surface area contributed by atoms with Crippen molar-refractivity contribution in [1.29, 1.82) is 0 Å². The molecule has 2 aromatic carbocycles. The topological polar surface area (TPSA) is 86.7 Å². The quantitative estimate of drug-likeness (QED) is 0.783. The number of hydrogen-bond donors (Lipinski definition) is 2. The standard InChI is InChI=1S/C23H22F2N2O4/c1-22(2)10-18(21(30)31)27(12-22)19(28)11-26-20(29)13-7-8-17-15(9-13)14-5-3-4-6-16(14)23(17,24)25/h3-9,18H,10-12H2,1-2H3,(H,26,29)(H,30,31). The summed E-state index contributed by atoms with van der Waals surface area (Å²) in [6, 6.07) is 9.15. The van der Waals surface area contributed by atoms with Crippen molar-refractivity contribution >= 4 is 17.8 Å². The number of carboxylic acid groups (broad SMARTS) is 1. The van der Waals surface area contributed by atoms with Gasteiger partial charge in [0.15, 0.2) is 0 Å². The van der Waals surface area contributed by atoms with E-state index in [0.717, 1.165) is 0 Å². The maximum Gasteiger partial charge on any atom is 0.326 e. The van der Waals surface area contributed by atoms with Gasteiger partial charge in [-0.15, -0.1) is 0 Å². The third kappa shape index (κ3) is 3.56. The monoisotopic (exact) mass is 428 g/mol. The number of carbonyl (C=O) groups excluding carboxylic acids is 2. The molecule has 1 aliphatic carbocycles. The molecule has 1 fully saturated rings. The van der Waals surface area contributed by atoms with Crippen LogP contribution in [0.2, 0.25) is 0 Å². The molecule has 1 unspecified atom stereocenters. The van der Waals surface area contributed by atoms with Crippen LogP contribution in [-0.4, -0.2) is 46.9 Å². The maximum absolute atomic E-state index is 14.7. The zero-order valence-electron chi connectivity index (χ0n) is 17.1. The van der Waals surface area contributed by atoms with Crippen molar-refractivity contribution in [3.05, 3.63) is 59.2 Å². The molecule has 1 saturated heterocycles. The summed E-state index contributed by atoms with van der Waals surface area (Å²) < 4.78 is 29.3. The van der Waals surface area contributed by atoms with E-state index in [4.69, 9.17) is 0 Å². The van der Waals surface area contributed by atoms with Gasteiger partial charge in [-0.1, -0.05) is 44.2 Å². The van der Waals surface area contributed by atoms with E-state index < -0.39 is 29.7 Å². The van der Waals surface area contributed by atoms with Crippen LogP contribution in [0.15, 0.2) is 42.5 Å². The molecule has 2 aliphatic rings. The number of halogens is 2. The molecule has 8 heteroatoms. The van der Waals surface area contributed by atoms with Gasteiger partial charge in [-0.2, -0.15) is 8.78 Å². The first kappa shape index (κ1) is 21.0. The van der Waals surface area contributed by atoms with Crippen molar-refractivity contribution in [3.63, 3.8) is 0 Å². The molecule has 2 N–H and O–H groups in total. The number of nitrogens with zero attached hydrogens (tertiary/aromatic N) is 1. The van der Waals surface area contributed by atoms with Crippen LogP contribution in [0.4, 0.5) is 8.78 Å². The fourth-order valence-electron chi connectivity index (χ4n) is 4.43. The average molecular weight is 428 g/mol. The summed E-state index contributed by atoms with van der Waals surface area (Å²) >= 11 is 0. The molecule has 6 nitrogen and oxygen atoms in total. The highest BCUT2D eigenvalue weighted by atomic mass is 19.3. The molecule has 4 rings (SSSR count). The summed E-state index contributed by atoms with van der Waals surface area (Å²) in [6.45, 7) is 3.67. The zero-order chi connectivity index (χ0) is 22.6. The van der Waals surface area contributed by atoms with E-state index >= 15 is 0 Å². The second-order valence-electron chi connectivity index (χ2n) is 8.81. The molecule has 0 bridgehead atoms. The van der Waals surface area contributed by atoms with Crippen molar-refractivity contribution in [3.8, 4) is 11.1 Å². The van der Waals surface area contributed by atoms with E-state index in [0.29, 0.717) is 12.0 Å². The van der Waals surface area contributed by atoms with Crippen LogP contribution >= 0.6 is 0 Å². The summed E-state index contributed by atoms with van der Waals surface area (Å²) in [7, 11) is 0. The molecule has 1 atom stereocenters. The van der Waals surface area contributed by atoms with Gasteiger partial charge in [0.25, 0.3) is 11.8 Å². The fourth-order valence-corrected chi connectivity index (χ4v) is 4.43. The van der Waals surface area contributed by atoms with E-state index in [1.165, 1.54) is 29.2 Å². The Balaban J connectivity index is 1.50. The third-order valence-corrected chi connectivity index (χ3v) is 5.90. The Kier molecular flexibility index (Phi) is 4.83. The van der Waals surface area contributed by atoms with Crippen LogP contribution in [0.3, 0.4) is 0 Å². The van der Waals surface area contributed by atoms with Crippen LogP contribution in [-0.2, 0) is 15.5 Å². The van der Waals surface area contributed by atoms with Gasteiger partial charge in [0.1, 0.15) is 6.04 Å². The molecule has 162 valence electrons. The van der Waals surface area contributed by atoms with Crippen molar-refractivity contribution in [2.45, 2.75) is 32.2 Å². The molecular formula is C23H22F2N2O4. The molecule has 0 aromatic heterocycles. The summed E-state index contributed by atoms with van der Waals surface area (Å²) in [5, 5.41) is 11.9. The molecule has 31 heavy (non-hydrogen) atoms. The predicted molar refractivity (Wildman–Crippen MR) is 109 cm³/mol. The molecule has 0 radical (unpaired) electrons. The number of nitrogens with one attached hydrogen (secondary N) is 1. The highest BCUT2D eigenvalue weighted by molar-refractivity contribution is 5.99. The second kappa shape index (κ2) is 7.14. The molecule has 2 aromatic rings. The molecule has 1 heterocycles. The van der Waals surface area contributed by atoms with E-state index in [1.807, 2.05) is 13.8 Å². The number of alkyl halides is 2. The number of amides is 2. The predicted octanol–water partition coefficient (Wildman–Crippen LogP) is 3.25. The Bertz CT molecular complexity index is 1100. The molecule has 1 aliphatic heterocycles. The number of carboxylic acids is 1.